The molecule has 1 aromatic rings. The molecule has 14 heavy (non-hydrogen) atoms. The third kappa shape index (κ3) is 1.97. The molecular formula is C11H10F3. The van der Waals surface area contributed by atoms with Crippen LogP contribution in [-0.4, -0.2) is 0 Å². The van der Waals surface area contributed by atoms with Crippen LogP contribution >= 0.6 is 0 Å². The van der Waals surface area contributed by atoms with Gasteiger partial charge < -0.3 is 0 Å². The Labute approximate surface area is 81.1 Å². The average molecular weight is 199 g/mol. The van der Waals surface area contributed by atoms with E-state index in [9.17, 15) is 13.2 Å². The van der Waals surface area contributed by atoms with Crippen molar-refractivity contribution in [2.45, 2.75) is 19.5 Å². The standard InChI is InChI=1S/C11H10F3/c1-3-8-6-5-7-9(4-2)10(8)11(12,13)14/h5-7H,1,4H2,2H3. The van der Waals surface area contributed by atoms with Gasteiger partial charge in [-0.2, -0.15) is 13.2 Å². The molecule has 0 saturated carbocycles. The molecule has 0 amide bonds. The molecule has 0 aliphatic heterocycles. The first kappa shape index (κ1) is 10.8. The Kier molecular flexibility index (Phi) is 2.99. The Morgan fingerprint density at radius 3 is 2.43 bits per heavy atom. The van der Waals surface area contributed by atoms with Gasteiger partial charge >= 0.3 is 6.18 Å². The minimum Gasteiger partial charge on any atom is -0.166 e. The second-order valence-electron chi connectivity index (χ2n) is 2.87. The molecule has 0 heterocycles. The zero-order valence-electron chi connectivity index (χ0n) is 7.78. The molecule has 0 N–H and O–H groups in total. The molecule has 1 rings (SSSR count). The molecule has 0 unspecified atom stereocenters. The van der Waals surface area contributed by atoms with E-state index >= 15 is 0 Å². The molecule has 0 aliphatic rings. The minimum atomic E-state index is -4.33. The van der Waals surface area contributed by atoms with Crippen LogP contribution in [-0.2, 0) is 12.6 Å². The van der Waals surface area contributed by atoms with Crippen LogP contribution in [0.5, 0.6) is 0 Å². The third-order valence-corrected chi connectivity index (χ3v) is 2.01. The van der Waals surface area contributed by atoms with Gasteiger partial charge in [-0.25, -0.2) is 0 Å². The second-order valence-corrected chi connectivity index (χ2v) is 2.87. The van der Waals surface area contributed by atoms with Gasteiger partial charge in [-0.05, 0) is 23.6 Å². The summed E-state index contributed by atoms with van der Waals surface area (Å²) in [7, 11) is 0. The van der Waals surface area contributed by atoms with E-state index in [4.69, 9.17) is 0 Å². The fourth-order valence-corrected chi connectivity index (χ4v) is 1.38. The van der Waals surface area contributed by atoms with Crippen molar-refractivity contribution in [1.29, 1.82) is 0 Å². The van der Waals surface area contributed by atoms with Crippen LogP contribution in [0, 0.1) is 6.08 Å². The molecular weight excluding hydrogens is 189 g/mol. The smallest absolute Gasteiger partial charge is 0.166 e. The van der Waals surface area contributed by atoms with Crippen molar-refractivity contribution in [3.05, 3.63) is 47.5 Å². The van der Waals surface area contributed by atoms with E-state index in [-0.39, 0.29) is 11.1 Å². The predicted molar refractivity (Wildman–Crippen MR) is 48.8 cm³/mol. The van der Waals surface area contributed by atoms with Crippen molar-refractivity contribution in [2.75, 3.05) is 0 Å². The Bertz CT molecular complexity index is 337. The molecule has 0 spiro atoms. The molecule has 0 atom stereocenters. The van der Waals surface area contributed by atoms with Crippen LogP contribution in [0.3, 0.4) is 0 Å². The maximum Gasteiger partial charge on any atom is 0.417 e. The fraction of sp³-hybridized carbons (Fsp3) is 0.273. The van der Waals surface area contributed by atoms with Gasteiger partial charge in [-0.1, -0.05) is 31.7 Å². The van der Waals surface area contributed by atoms with Gasteiger partial charge in [0.05, 0.1) is 5.56 Å². The van der Waals surface area contributed by atoms with Gasteiger partial charge in [-0.3, -0.25) is 0 Å². The average Bonchev–Trinajstić information content (AvgIpc) is 2.15. The summed E-state index contributed by atoms with van der Waals surface area (Å²) in [6.07, 6.45) is -1.67. The lowest BCUT2D eigenvalue weighted by molar-refractivity contribution is -0.138. The van der Waals surface area contributed by atoms with Crippen LogP contribution in [0.25, 0.3) is 0 Å². The molecule has 1 radical (unpaired) electrons. The van der Waals surface area contributed by atoms with Crippen molar-refractivity contribution in [1.82, 2.24) is 0 Å². The summed E-state index contributed by atoms with van der Waals surface area (Å²) in [4.78, 5) is 0. The number of aryl methyl sites for hydroxylation is 1. The lowest BCUT2D eigenvalue weighted by atomic mass is 9.99. The van der Waals surface area contributed by atoms with Gasteiger partial charge in [-0.15, -0.1) is 0 Å². The maximum atomic E-state index is 12.6. The molecule has 3 heteroatoms. The van der Waals surface area contributed by atoms with E-state index in [2.05, 4.69) is 12.7 Å². The second kappa shape index (κ2) is 3.86. The lowest BCUT2D eigenvalue weighted by Gasteiger charge is -2.14. The summed E-state index contributed by atoms with van der Waals surface area (Å²) in [6.45, 7) is 4.95. The predicted octanol–water partition coefficient (Wildman–Crippen LogP) is 3.61. The summed E-state index contributed by atoms with van der Waals surface area (Å²) in [5, 5.41) is 0. The zero-order valence-corrected chi connectivity index (χ0v) is 7.78. The highest BCUT2D eigenvalue weighted by Crippen LogP contribution is 2.34. The number of halogens is 3. The molecule has 0 aliphatic carbocycles. The highest BCUT2D eigenvalue weighted by Gasteiger charge is 2.34. The van der Waals surface area contributed by atoms with E-state index in [1.165, 1.54) is 12.1 Å². The number of hydrogen-bond acceptors (Lipinski definition) is 0. The summed E-state index contributed by atoms with van der Waals surface area (Å²) in [5.41, 5.74) is -0.305. The summed E-state index contributed by atoms with van der Waals surface area (Å²) >= 11 is 0. The lowest BCUT2D eigenvalue weighted by Crippen LogP contribution is -2.11. The zero-order chi connectivity index (χ0) is 10.8. The number of hydrogen-bond donors (Lipinski definition) is 0. The number of benzene rings is 1. The SMILES string of the molecule is C=[C]c1cccc(CC)c1C(F)(F)F. The van der Waals surface area contributed by atoms with Crippen molar-refractivity contribution in [2.24, 2.45) is 0 Å². The number of rotatable bonds is 2. The molecule has 0 bridgehead atoms. The van der Waals surface area contributed by atoms with E-state index in [1.54, 1.807) is 13.0 Å². The van der Waals surface area contributed by atoms with Gasteiger partial charge in [0.2, 0.25) is 0 Å². The molecule has 0 aromatic heterocycles. The van der Waals surface area contributed by atoms with E-state index in [0.717, 1.165) is 0 Å². The molecule has 0 nitrogen and oxygen atoms in total. The van der Waals surface area contributed by atoms with Crippen LogP contribution in [0.4, 0.5) is 13.2 Å². The van der Waals surface area contributed by atoms with Crippen LogP contribution in [0.15, 0.2) is 24.8 Å². The first-order valence-electron chi connectivity index (χ1n) is 4.23. The van der Waals surface area contributed by atoms with E-state index < -0.39 is 11.7 Å². The monoisotopic (exact) mass is 199 g/mol. The van der Waals surface area contributed by atoms with Gasteiger partial charge in [0, 0.05) is 0 Å². The highest BCUT2D eigenvalue weighted by atomic mass is 19.4. The van der Waals surface area contributed by atoms with Crippen LogP contribution in [0.2, 0.25) is 0 Å². The largest absolute Gasteiger partial charge is 0.417 e. The van der Waals surface area contributed by atoms with Crippen LogP contribution in [0.1, 0.15) is 23.6 Å². The summed E-state index contributed by atoms with van der Waals surface area (Å²) < 4.78 is 37.8. The quantitative estimate of drug-likeness (QED) is 0.682. The van der Waals surface area contributed by atoms with Crippen LogP contribution < -0.4 is 0 Å². The normalized spacial score (nSPS) is 11.4. The highest BCUT2D eigenvalue weighted by molar-refractivity contribution is 5.40. The minimum absolute atomic E-state index is 0.0249. The van der Waals surface area contributed by atoms with Crippen molar-refractivity contribution in [3.8, 4) is 0 Å². The summed E-state index contributed by atoms with van der Waals surface area (Å²) in [6, 6.07) is 4.43. The van der Waals surface area contributed by atoms with E-state index in [1.807, 2.05) is 0 Å². The first-order chi connectivity index (χ1) is 6.50. The molecule has 75 valence electrons. The van der Waals surface area contributed by atoms with E-state index in [0.29, 0.717) is 6.42 Å². The Hall–Kier alpha value is -1.25. The third-order valence-electron chi connectivity index (χ3n) is 2.01. The van der Waals surface area contributed by atoms with Crippen molar-refractivity contribution < 1.29 is 13.2 Å². The fourth-order valence-electron chi connectivity index (χ4n) is 1.38. The van der Waals surface area contributed by atoms with Crippen molar-refractivity contribution >= 4 is 0 Å². The Balaban J connectivity index is 3.41. The van der Waals surface area contributed by atoms with Gasteiger partial charge in [0.15, 0.2) is 0 Å². The number of alkyl halides is 3. The maximum absolute atomic E-state index is 12.6. The van der Waals surface area contributed by atoms with Gasteiger partial charge in [0.25, 0.3) is 0 Å². The topological polar surface area (TPSA) is 0 Å². The van der Waals surface area contributed by atoms with Gasteiger partial charge in [0.1, 0.15) is 0 Å². The van der Waals surface area contributed by atoms with Crippen molar-refractivity contribution in [3.63, 3.8) is 0 Å². The molecule has 1 aromatic carbocycles. The first-order valence-corrected chi connectivity index (χ1v) is 4.23. The Morgan fingerprint density at radius 1 is 1.36 bits per heavy atom. The summed E-state index contributed by atoms with van der Waals surface area (Å²) in [5.74, 6) is 0. The Morgan fingerprint density at radius 2 is 2.00 bits per heavy atom. The molecule has 0 saturated heterocycles. The molecule has 0 fully saturated rings.